The number of nitrogens with zero attached hydrogens (tertiary/aromatic N) is 1. The van der Waals surface area contributed by atoms with E-state index in [0.717, 1.165) is 26.1 Å². The van der Waals surface area contributed by atoms with E-state index in [1.165, 1.54) is 8.66 Å². The van der Waals surface area contributed by atoms with Crippen molar-refractivity contribution in [3.05, 3.63) is 20.8 Å². The maximum Gasteiger partial charge on any atom is 0.0701 e. The van der Waals surface area contributed by atoms with Crippen LogP contribution in [0.3, 0.4) is 0 Å². The quantitative estimate of drug-likeness (QED) is 0.908. The molecule has 0 amide bonds. The van der Waals surface area contributed by atoms with Gasteiger partial charge >= 0.3 is 0 Å². The van der Waals surface area contributed by atoms with Crippen molar-refractivity contribution in [2.45, 2.75) is 19.0 Å². The summed E-state index contributed by atoms with van der Waals surface area (Å²) >= 11 is 5.28. The lowest BCUT2D eigenvalue weighted by Crippen LogP contribution is -2.25. The zero-order valence-electron chi connectivity index (χ0n) is 7.78. The van der Waals surface area contributed by atoms with Crippen molar-refractivity contribution in [2.75, 3.05) is 13.1 Å². The van der Waals surface area contributed by atoms with E-state index in [-0.39, 0.29) is 12.4 Å². The van der Waals surface area contributed by atoms with Crippen LogP contribution >= 0.6 is 39.7 Å². The average molecular weight is 298 g/mol. The maximum atomic E-state index is 5.84. The Morgan fingerprint density at radius 3 is 2.86 bits per heavy atom. The molecule has 0 saturated carbocycles. The number of nitrogens with two attached hydrogens (primary N) is 1. The molecule has 0 radical (unpaired) electrons. The molecule has 1 atom stereocenters. The summed E-state index contributed by atoms with van der Waals surface area (Å²) in [4.78, 5) is 3.84. The summed E-state index contributed by atoms with van der Waals surface area (Å²) in [6.45, 7) is 3.26. The van der Waals surface area contributed by atoms with Crippen LogP contribution in [0.15, 0.2) is 15.9 Å². The minimum atomic E-state index is 0. The summed E-state index contributed by atoms with van der Waals surface area (Å²) in [5.74, 6) is 0. The summed E-state index contributed by atoms with van der Waals surface area (Å²) in [6, 6.07) is 4.68. The first-order valence-corrected chi connectivity index (χ1v) is 6.07. The Balaban J connectivity index is 0.000000980. The Labute approximate surface area is 103 Å². The minimum absolute atomic E-state index is 0. The monoisotopic (exact) mass is 296 g/mol. The molecule has 0 unspecified atom stereocenters. The van der Waals surface area contributed by atoms with Gasteiger partial charge in [0.05, 0.1) is 3.79 Å². The Kier molecular flexibility index (Phi) is 4.87. The van der Waals surface area contributed by atoms with Crippen LogP contribution in [0.1, 0.15) is 11.3 Å². The van der Waals surface area contributed by atoms with Crippen molar-refractivity contribution in [3.8, 4) is 0 Å². The Hall–Kier alpha value is 0.390. The molecule has 1 aliphatic heterocycles. The predicted octanol–water partition coefficient (Wildman–Crippen LogP) is 2.47. The summed E-state index contributed by atoms with van der Waals surface area (Å²) in [6.07, 6.45) is 1.15. The van der Waals surface area contributed by atoms with Crippen LogP contribution in [0.5, 0.6) is 0 Å². The molecule has 2 heterocycles. The zero-order chi connectivity index (χ0) is 9.26. The largest absolute Gasteiger partial charge is 0.326 e. The van der Waals surface area contributed by atoms with Gasteiger partial charge in [-0.05, 0) is 34.5 Å². The lowest BCUT2D eigenvalue weighted by atomic mass is 10.3. The van der Waals surface area contributed by atoms with E-state index in [1.807, 2.05) is 11.3 Å². The normalized spacial score (nSPS) is 22.3. The molecule has 2 N–H and O–H groups in total. The van der Waals surface area contributed by atoms with Crippen molar-refractivity contribution in [2.24, 2.45) is 5.73 Å². The topological polar surface area (TPSA) is 29.3 Å². The third-order valence-corrected chi connectivity index (χ3v) is 3.93. The van der Waals surface area contributed by atoms with E-state index in [1.54, 1.807) is 0 Å². The molecule has 0 aliphatic carbocycles. The third kappa shape index (κ3) is 3.21. The number of likely N-dealkylation sites (tertiary alicyclic amines) is 1. The van der Waals surface area contributed by atoms with Gasteiger partial charge < -0.3 is 5.73 Å². The van der Waals surface area contributed by atoms with Crippen LogP contribution in [0, 0.1) is 0 Å². The van der Waals surface area contributed by atoms with Gasteiger partial charge in [0.25, 0.3) is 0 Å². The van der Waals surface area contributed by atoms with E-state index in [4.69, 9.17) is 5.73 Å². The molecule has 0 bridgehead atoms. The molecule has 1 aromatic heterocycles. The fourth-order valence-corrected chi connectivity index (χ4v) is 3.19. The average Bonchev–Trinajstić information content (AvgIpc) is 2.62. The molecule has 1 saturated heterocycles. The van der Waals surface area contributed by atoms with Gasteiger partial charge in [-0.2, -0.15) is 0 Å². The molecule has 80 valence electrons. The second kappa shape index (κ2) is 5.47. The van der Waals surface area contributed by atoms with Crippen LogP contribution in [-0.2, 0) is 6.54 Å². The van der Waals surface area contributed by atoms with Gasteiger partial charge in [0.1, 0.15) is 0 Å². The van der Waals surface area contributed by atoms with Crippen LogP contribution < -0.4 is 5.73 Å². The number of rotatable bonds is 2. The van der Waals surface area contributed by atoms with Gasteiger partial charge in [-0.15, -0.1) is 23.7 Å². The highest BCUT2D eigenvalue weighted by molar-refractivity contribution is 9.11. The Morgan fingerprint density at radius 2 is 2.36 bits per heavy atom. The van der Waals surface area contributed by atoms with Gasteiger partial charge in [0.2, 0.25) is 0 Å². The van der Waals surface area contributed by atoms with Gasteiger partial charge in [-0.3, -0.25) is 4.90 Å². The highest BCUT2D eigenvalue weighted by Crippen LogP contribution is 2.24. The van der Waals surface area contributed by atoms with Crippen LogP contribution in [0.25, 0.3) is 0 Å². The maximum absolute atomic E-state index is 5.84. The predicted molar refractivity (Wildman–Crippen MR) is 67.1 cm³/mol. The lowest BCUT2D eigenvalue weighted by molar-refractivity contribution is 0.330. The fraction of sp³-hybridized carbons (Fsp3) is 0.556. The van der Waals surface area contributed by atoms with Crippen molar-refractivity contribution in [3.63, 3.8) is 0 Å². The molecular weight excluding hydrogens is 284 g/mol. The molecule has 1 aromatic rings. The van der Waals surface area contributed by atoms with E-state index >= 15 is 0 Å². The van der Waals surface area contributed by atoms with Crippen molar-refractivity contribution < 1.29 is 0 Å². The Bertz CT molecular complexity index is 292. The first-order valence-electron chi connectivity index (χ1n) is 4.46. The molecule has 14 heavy (non-hydrogen) atoms. The van der Waals surface area contributed by atoms with Crippen molar-refractivity contribution in [1.29, 1.82) is 0 Å². The fourth-order valence-electron chi connectivity index (χ4n) is 1.66. The number of hydrogen-bond acceptors (Lipinski definition) is 3. The highest BCUT2D eigenvalue weighted by atomic mass is 79.9. The van der Waals surface area contributed by atoms with Gasteiger partial charge in [-0.1, -0.05) is 0 Å². The smallest absolute Gasteiger partial charge is 0.0701 e. The first kappa shape index (κ1) is 12.5. The molecule has 1 fully saturated rings. The molecule has 0 spiro atoms. The zero-order valence-corrected chi connectivity index (χ0v) is 11.0. The van der Waals surface area contributed by atoms with Crippen molar-refractivity contribution in [1.82, 2.24) is 4.90 Å². The molecule has 0 aromatic carbocycles. The SMILES string of the molecule is Cl.N[C@H]1CCN(Cc2ccc(Br)s2)C1. The summed E-state index contributed by atoms with van der Waals surface area (Å²) < 4.78 is 1.21. The molecular formula is C9H14BrClN2S. The molecule has 1 aliphatic rings. The molecule has 5 heteroatoms. The molecule has 2 rings (SSSR count). The third-order valence-electron chi connectivity index (χ3n) is 2.32. The standard InChI is InChI=1S/C9H13BrN2S.ClH/c10-9-2-1-8(13-9)6-12-4-3-7(11)5-12;/h1-2,7H,3-6,11H2;1H/t7-;/m0./s1. The first-order chi connectivity index (χ1) is 6.24. The minimum Gasteiger partial charge on any atom is -0.326 e. The van der Waals surface area contributed by atoms with Crippen LogP contribution in [-0.4, -0.2) is 24.0 Å². The highest BCUT2D eigenvalue weighted by Gasteiger charge is 2.19. The van der Waals surface area contributed by atoms with E-state index < -0.39 is 0 Å². The van der Waals surface area contributed by atoms with Gasteiger partial charge in [0, 0.05) is 30.6 Å². The lowest BCUT2D eigenvalue weighted by Gasteiger charge is -2.12. The second-order valence-electron chi connectivity index (χ2n) is 3.49. The second-order valence-corrected chi connectivity index (χ2v) is 6.04. The number of halogens is 2. The van der Waals surface area contributed by atoms with E-state index in [0.29, 0.717) is 6.04 Å². The van der Waals surface area contributed by atoms with E-state index in [9.17, 15) is 0 Å². The van der Waals surface area contributed by atoms with Gasteiger partial charge in [0.15, 0.2) is 0 Å². The van der Waals surface area contributed by atoms with Crippen molar-refractivity contribution >= 4 is 39.7 Å². The summed E-state index contributed by atoms with van der Waals surface area (Å²) in [5.41, 5.74) is 5.84. The van der Waals surface area contributed by atoms with Crippen LogP contribution in [0.2, 0.25) is 0 Å². The Morgan fingerprint density at radius 1 is 1.57 bits per heavy atom. The molecule has 2 nitrogen and oxygen atoms in total. The van der Waals surface area contributed by atoms with Gasteiger partial charge in [-0.25, -0.2) is 0 Å². The van der Waals surface area contributed by atoms with E-state index in [2.05, 4.69) is 33.0 Å². The number of thiophene rings is 1. The summed E-state index contributed by atoms with van der Waals surface area (Å²) in [5, 5.41) is 0. The summed E-state index contributed by atoms with van der Waals surface area (Å²) in [7, 11) is 0. The van der Waals surface area contributed by atoms with Crippen LogP contribution in [0.4, 0.5) is 0 Å². The number of hydrogen-bond donors (Lipinski definition) is 1.